The van der Waals surface area contributed by atoms with Crippen LogP contribution in [0.3, 0.4) is 0 Å². The van der Waals surface area contributed by atoms with E-state index in [2.05, 4.69) is 20.8 Å². The third-order valence-electron chi connectivity index (χ3n) is 2.94. The quantitative estimate of drug-likeness (QED) is 0.853. The molecule has 1 rings (SSSR count). The van der Waals surface area contributed by atoms with Crippen LogP contribution in [0.1, 0.15) is 56.7 Å². The second kappa shape index (κ2) is 6.27. The zero-order chi connectivity index (χ0) is 13.0. The molecule has 1 unspecified atom stereocenters. The lowest BCUT2D eigenvalue weighted by Crippen LogP contribution is -2.12. The van der Waals surface area contributed by atoms with Gasteiger partial charge >= 0.3 is 0 Å². The van der Waals surface area contributed by atoms with Gasteiger partial charge in [0.2, 0.25) is 0 Å². The number of rotatable bonds is 5. The Kier molecular flexibility index (Phi) is 5.29. The highest BCUT2D eigenvalue weighted by Crippen LogP contribution is 2.36. The molecule has 0 bridgehead atoms. The number of ether oxygens (including phenoxy) is 1. The first-order valence-corrected chi connectivity index (χ1v) is 6.51. The molecule has 0 fully saturated rings. The molecule has 0 heterocycles. The van der Waals surface area contributed by atoms with Crippen LogP contribution in [0.4, 0.5) is 0 Å². The van der Waals surface area contributed by atoms with E-state index < -0.39 is 0 Å². The van der Waals surface area contributed by atoms with Crippen LogP contribution in [0.15, 0.2) is 12.1 Å². The Morgan fingerprint density at radius 2 is 1.88 bits per heavy atom. The maximum atomic E-state index is 6.18. The van der Waals surface area contributed by atoms with Crippen LogP contribution in [0.25, 0.3) is 0 Å². The highest BCUT2D eigenvalue weighted by molar-refractivity contribution is 6.30. The summed E-state index contributed by atoms with van der Waals surface area (Å²) < 4.78 is 5.52. The van der Waals surface area contributed by atoms with Gasteiger partial charge < -0.3 is 10.5 Å². The molecule has 0 aliphatic rings. The third kappa shape index (κ3) is 3.36. The summed E-state index contributed by atoms with van der Waals surface area (Å²) in [6.07, 6.45) is 1.99. The van der Waals surface area contributed by atoms with Gasteiger partial charge in [-0.3, -0.25) is 0 Å². The third-order valence-corrected chi connectivity index (χ3v) is 3.15. The summed E-state index contributed by atoms with van der Waals surface area (Å²) in [6.45, 7) is 6.38. The molecular weight excluding hydrogens is 234 g/mol. The summed E-state index contributed by atoms with van der Waals surface area (Å²) in [6, 6.07) is 3.88. The minimum Gasteiger partial charge on any atom is -0.496 e. The Morgan fingerprint density at radius 1 is 1.29 bits per heavy atom. The molecule has 0 spiro atoms. The lowest BCUT2D eigenvalue weighted by molar-refractivity contribution is 0.397. The molecular formula is C14H22ClNO. The second-order valence-electron chi connectivity index (χ2n) is 4.67. The van der Waals surface area contributed by atoms with Crippen molar-refractivity contribution < 1.29 is 4.74 Å². The molecule has 1 atom stereocenters. The van der Waals surface area contributed by atoms with Crippen molar-refractivity contribution >= 4 is 11.6 Å². The molecule has 0 aromatic heterocycles. The van der Waals surface area contributed by atoms with Crippen LogP contribution >= 0.6 is 11.6 Å². The summed E-state index contributed by atoms with van der Waals surface area (Å²) in [5, 5.41) is 0.732. The van der Waals surface area contributed by atoms with Crippen molar-refractivity contribution in [3.05, 3.63) is 28.3 Å². The van der Waals surface area contributed by atoms with Crippen molar-refractivity contribution in [3.63, 3.8) is 0 Å². The van der Waals surface area contributed by atoms with Gasteiger partial charge in [0.05, 0.1) is 7.11 Å². The number of benzene rings is 1. The molecule has 1 aromatic carbocycles. The molecule has 0 amide bonds. The summed E-state index contributed by atoms with van der Waals surface area (Å²) >= 11 is 6.16. The van der Waals surface area contributed by atoms with E-state index in [4.69, 9.17) is 22.1 Å². The number of methoxy groups -OCH3 is 1. The first-order chi connectivity index (χ1) is 8.01. The van der Waals surface area contributed by atoms with Crippen molar-refractivity contribution in [2.24, 2.45) is 5.73 Å². The minimum absolute atomic E-state index is 0.00819. The lowest BCUT2D eigenvalue weighted by atomic mass is 9.94. The van der Waals surface area contributed by atoms with E-state index >= 15 is 0 Å². The molecule has 2 nitrogen and oxygen atoms in total. The smallest absolute Gasteiger partial charge is 0.127 e. The monoisotopic (exact) mass is 255 g/mol. The zero-order valence-electron chi connectivity index (χ0n) is 11.1. The second-order valence-corrected chi connectivity index (χ2v) is 5.10. The molecule has 2 N–H and O–H groups in total. The average molecular weight is 256 g/mol. The highest BCUT2D eigenvalue weighted by Gasteiger charge is 2.17. The van der Waals surface area contributed by atoms with Crippen molar-refractivity contribution in [2.45, 2.75) is 45.6 Å². The van der Waals surface area contributed by atoms with Crippen LogP contribution in [0, 0.1) is 0 Å². The Balaban J connectivity index is 3.27. The molecule has 0 saturated carbocycles. The first kappa shape index (κ1) is 14.3. The van der Waals surface area contributed by atoms with Gasteiger partial charge in [0, 0.05) is 16.6 Å². The molecule has 0 saturated heterocycles. The Hall–Kier alpha value is -0.730. The number of hydrogen-bond acceptors (Lipinski definition) is 2. The van der Waals surface area contributed by atoms with E-state index in [1.807, 2.05) is 12.1 Å². The molecule has 96 valence electrons. The Bertz CT molecular complexity index is 377. The maximum absolute atomic E-state index is 6.18. The Labute approximate surface area is 109 Å². The summed E-state index contributed by atoms with van der Waals surface area (Å²) in [5.74, 6) is 1.27. The summed E-state index contributed by atoms with van der Waals surface area (Å²) in [7, 11) is 1.69. The van der Waals surface area contributed by atoms with Gasteiger partial charge in [-0.05, 0) is 30.0 Å². The average Bonchev–Trinajstić information content (AvgIpc) is 2.28. The van der Waals surface area contributed by atoms with Crippen LogP contribution in [-0.4, -0.2) is 7.11 Å². The van der Waals surface area contributed by atoms with Crippen LogP contribution in [0.5, 0.6) is 5.75 Å². The van der Waals surface area contributed by atoms with Gasteiger partial charge in [0.1, 0.15) is 5.75 Å². The van der Waals surface area contributed by atoms with Gasteiger partial charge in [-0.2, -0.15) is 0 Å². The maximum Gasteiger partial charge on any atom is 0.127 e. The van der Waals surface area contributed by atoms with Gasteiger partial charge in [0.15, 0.2) is 0 Å². The summed E-state index contributed by atoms with van der Waals surface area (Å²) in [4.78, 5) is 0. The van der Waals surface area contributed by atoms with E-state index in [9.17, 15) is 0 Å². The fourth-order valence-electron chi connectivity index (χ4n) is 2.04. The van der Waals surface area contributed by atoms with Gasteiger partial charge in [-0.1, -0.05) is 38.8 Å². The van der Waals surface area contributed by atoms with Gasteiger partial charge in [-0.15, -0.1) is 0 Å². The molecule has 0 radical (unpaired) electrons. The largest absolute Gasteiger partial charge is 0.496 e. The van der Waals surface area contributed by atoms with Crippen LogP contribution < -0.4 is 10.5 Å². The van der Waals surface area contributed by atoms with E-state index in [0.29, 0.717) is 5.92 Å². The first-order valence-electron chi connectivity index (χ1n) is 6.14. The molecule has 1 aromatic rings. The van der Waals surface area contributed by atoms with Crippen molar-refractivity contribution in [2.75, 3.05) is 7.11 Å². The van der Waals surface area contributed by atoms with E-state index in [1.165, 1.54) is 0 Å². The van der Waals surface area contributed by atoms with E-state index in [-0.39, 0.29) is 6.04 Å². The van der Waals surface area contributed by atoms with E-state index in [0.717, 1.165) is 34.7 Å². The molecule has 0 aliphatic carbocycles. The SMILES string of the molecule is CCCC(N)c1cc(Cl)cc(C(C)C)c1OC. The molecule has 3 heteroatoms. The minimum atomic E-state index is -0.00819. The fraction of sp³-hybridized carbons (Fsp3) is 0.571. The molecule has 17 heavy (non-hydrogen) atoms. The zero-order valence-corrected chi connectivity index (χ0v) is 11.8. The van der Waals surface area contributed by atoms with Crippen molar-refractivity contribution in [1.82, 2.24) is 0 Å². The van der Waals surface area contributed by atoms with Crippen LogP contribution in [-0.2, 0) is 0 Å². The number of hydrogen-bond donors (Lipinski definition) is 1. The fourth-order valence-corrected chi connectivity index (χ4v) is 2.28. The van der Waals surface area contributed by atoms with Crippen LogP contribution in [0.2, 0.25) is 5.02 Å². The topological polar surface area (TPSA) is 35.2 Å². The predicted octanol–water partition coefficient (Wildman–Crippen LogP) is 4.27. The lowest BCUT2D eigenvalue weighted by Gasteiger charge is -2.20. The van der Waals surface area contributed by atoms with Gasteiger partial charge in [-0.25, -0.2) is 0 Å². The standard InChI is InChI=1S/C14H22ClNO/c1-5-6-13(16)12-8-10(15)7-11(9(2)3)14(12)17-4/h7-9,13H,5-6,16H2,1-4H3. The van der Waals surface area contributed by atoms with Crippen molar-refractivity contribution in [1.29, 1.82) is 0 Å². The number of nitrogens with two attached hydrogens (primary N) is 1. The molecule has 0 aliphatic heterocycles. The van der Waals surface area contributed by atoms with Crippen molar-refractivity contribution in [3.8, 4) is 5.75 Å². The predicted molar refractivity (Wildman–Crippen MR) is 73.9 cm³/mol. The van der Waals surface area contributed by atoms with E-state index in [1.54, 1.807) is 7.11 Å². The number of halogens is 1. The highest BCUT2D eigenvalue weighted by atomic mass is 35.5. The Morgan fingerprint density at radius 3 is 2.35 bits per heavy atom. The summed E-state index contributed by atoms with van der Waals surface area (Å²) in [5.41, 5.74) is 8.33. The van der Waals surface area contributed by atoms with Gasteiger partial charge in [0.25, 0.3) is 0 Å². The normalized spacial score (nSPS) is 12.9.